The third kappa shape index (κ3) is 7.31. The Kier molecular flexibility index (Phi) is 11.0. The first-order valence-electron chi connectivity index (χ1n) is 18.7. The number of rotatable bonds is 6. The summed E-state index contributed by atoms with van der Waals surface area (Å²) in [6.45, 7) is 13.2. The molecule has 0 N–H and O–H groups in total. The van der Waals surface area contributed by atoms with Crippen LogP contribution < -0.4 is 0 Å². The fraction of sp³-hybridized carbons (Fsp3) is 0.160. The Morgan fingerprint density at radius 1 is 0.636 bits per heavy atom. The number of benzene rings is 6. The average molecular weight is 894 g/mol. The fourth-order valence-corrected chi connectivity index (χ4v) is 7.24. The van der Waals surface area contributed by atoms with Crippen LogP contribution in [0.15, 0.2) is 144 Å². The van der Waals surface area contributed by atoms with Crippen molar-refractivity contribution < 1.29 is 24.5 Å². The van der Waals surface area contributed by atoms with Crippen LogP contribution in [0.25, 0.3) is 72.4 Å². The van der Waals surface area contributed by atoms with Crippen molar-refractivity contribution in [3.05, 3.63) is 174 Å². The Balaban J connectivity index is 0.000000166. The van der Waals surface area contributed by atoms with Crippen LogP contribution in [0.5, 0.6) is 0 Å². The van der Waals surface area contributed by atoms with Crippen LogP contribution in [0.4, 0.5) is 0 Å². The van der Waals surface area contributed by atoms with Gasteiger partial charge in [-0.2, -0.15) is 0 Å². The van der Waals surface area contributed by atoms with Crippen molar-refractivity contribution in [2.75, 3.05) is 0 Å². The van der Waals surface area contributed by atoms with Gasteiger partial charge < -0.3 is 14.0 Å². The van der Waals surface area contributed by atoms with Gasteiger partial charge >= 0.3 is 0 Å². The van der Waals surface area contributed by atoms with Crippen molar-refractivity contribution in [1.82, 2.24) is 14.5 Å². The topological polar surface area (TPSA) is 43.9 Å². The molecule has 0 bridgehead atoms. The van der Waals surface area contributed by atoms with Crippen molar-refractivity contribution in [1.29, 1.82) is 0 Å². The van der Waals surface area contributed by atoms with E-state index in [4.69, 9.17) is 9.40 Å². The zero-order valence-electron chi connectivity index (χ0n) is 32.0. The van der Waals surface area contributed by atoms with Gasteiger partial charge in [0.1, 0.15) is 5.58 Å². The van der Waals surface area contributed by atoms with Crippen molar-refractivity contribution in [3.8, 4) is 39.5 Å². The number of aryl methyl sites for hydroxylation is 2. The second kappa shape index (κ2) is 16.0. The smallest absolute Gasteiger partial charge is 0.121 e. The van der Waals surface area contributed by atoms with Crippen LogP contribution in [-0.2, 0) is 20.1 Å². The van der Waals surface area contributed by atoms with Gasteiger partial charge in [0, 0.05) is 37.4 Å². The maximum Gasteiger partial charge on any atom is 0.121 e. The van der Waals surface area contributed by atoms with E-state index in [1.165, 1.54) is 33.5 Å². The largest absolute Gasteiger partial charge is 0.501 e. The van der Waals surface area contributed by atoms with Crippen LogP contribution >= 0.6 is 0 Å². The summed E-state index contributed by atoms with van der Waals surface area (Å²) in [7, 11) is 0. The molecule has 0 saturated heterocycles. The number of para-hydroxylation sites is 3. The molecule has 0 amide bonds. The molecule has 1 radical (unpaired) electrons. The predicted molar refractivity (Wildman–Crippen MR) is 224 cm³/mol. The maximum absolute atomic E-state index is 6.30. The molecule has 0 saturated carbocycles. The van der Waals surface area contributed by atoms with Gasteiger partial charge in [0.2, 0.25) is 0 Å². The molecule has 0 unspecified atom stereocenters. The van der Waals surface area contributed by atoms with Crippen molar-refractivity contribution >= 4 is 33.0 Å². The predicted octanol–water partition coefficient (Wildman–Crippen LogP) is 13.5. The number of nitrogens with zero attached hydrogens (tertiary/aromatic N) is 3. The minimum atomic E-state index is 0. The molecule has 3 aromatic heterocycles. The first-order valence-corrected chi connectivity index (χ1v) is 18.7. The molecule has 0 aliphatic carbocycles. The van der Waals surface area contributed by atoms with Gasteiger partial charge in [0.25, 0.3) is 0 Å². The summed E-state index contributed by atoms with van der Waals surface area (Å²) in [6, 6.07) is 52.7. The number of furan rings is 1. The Morgan fingerprint density at radius 2 is 1.36 bits per heavy atom. The SMILES string of the molecule is CC(C)c1cccc(C(C)C)c1-n1c(-c2[c-]cccc2)nc2ccccc21.Cc1cnc(-c2[c-]ccc3c2oc2cc(-c4ccccc4)ccc23)cc1C.[Ir]. The van der Waals surface area contributed by atoms with Crippen LogP contribution in [0.3, 0.4) is 0 Å². The first-order chi connectivity index (χ1) is 26.3. The Labute approximate surface area is 337 Å². The van der Waals surface area contributed by atoms with Crippen LogP contribution in [0, 0.1) is 26.0 Å². The minimum absolute atomic E-state index is 0. The molecule has 0 spiro atoms. The molecule has 6 aromatic carbocycles. The van der Waals surface area contributed by atoms with Gasteiger partial charge in [-0.25, -0.2) is 0 Å². The van der Waals surface area contributed by atoms with Gasteiger partial charge in [0.15, 0.2) is 0 Å². The van der Waals surface area contributed by atoms with E-state index < -0.39 is 0 Å². The molecule has 3 heterocycles. The van der Waals surface area contributed by atoms with Gasteiger partial charge in [-0.1, -0.05) is 123 Å². The first kappa shape index (κ1) is 37.7. The van der Waals surface area contributed by atoms with Gasteiger partial charge in [-0.3, -0.25) is 4.98 Å². The van der Waals surface area contributed by atoms with E-state index in [2.05, 4.69) is 166 Å². The molecule has 0 aliphatic heterocycles. The Morgan fingerprint density at radius 3 is 2.07 bits per heavy atom. The number of fused-ring (bicyclic) bond motifs is 4. The number of aromatic nitrogens is 3. The molecule has 275 valence electrons. The Bertz CT molecular complexity index is 2720. The van der Waals surface area contributed by atoms with E-state index in [0.29, 0.717) is 11.8 Å². The zero-order valence-corrected chi connectivity index (χ0v) is 34.4. The van der Waals surface area contributed by atoms with Crippen molar-refractivity contribution in [2.24, 2.45) is 0 Å². The molecule has 55 heavy (non-hydrogen) atoms. The summed E-state index contributed by atoms with van der Waals surface area (Å²) < 4.78 is 8.64. The summed E-state index contributed by atoms with van der Waals surface area (Å²) in [5, 5.41) is 2.21. The molecule has 4 nitrogen and oxygen atoms in total. The number of hydrogen-bond acceptors (Lipinski definition) is 3. The van der Waals surface area contributed by atoms with Gasteiger partial charge in [-0.15, -0.1) is 54.1 Å². The van der Waals surface area contributed by atoms with E-state index in [0.717, 1.165) is 61.2 Å². The second-order valence-electron chi connectivity index (χ2n) is 14.6. The average Bonchev–Trinajstić information content (AvgIpc) is 3.78. The quantitative estimate of drug-likeness (QED) is 0.156. The normalized spacial score (nSPS) is 11.3. The van der Waals surface area contributed by atoms with Gasteiger partial charge in [-0.05, 0) is 77.4 Å². The van der Waals surface area contributed by atoms with Gasteiger partial charge in [0.05, 0.1) is 22.4 Å². The summed E-state index contributed by atoms with van der Waals surface area (Å²) in [5.41, 5.74) is 15.4. The minimum Gasteiger partial charge on any atom is -0.501 e. The summed E-state index contributed by atoms with van der Waals surface area (Å²) in [6.07, 6.45) is 1.91. The summed E-state index contributed by atoms with van der Waals surface area (Å²) in [5.74, 6) is 1.80. The Hall–Kier alpha value is -5.61. The zero-order chi connectivity index (χ0) is 37.3. The van der Waals surface area contributed by atoms with E-state index in [-0.39, 0.29) is 20.1 Å². The molecular formula is C50H43IrN3O-2. The van der Waals surface area contributed by atoms with Crippen LogP contribution in [0.1, 0.15) is 61.8 Å². The molecule has 0 atom stereocenters. The number of hydrogen-bond donors (Lipinski definition) is 0. The number of imidazole rings is 1. The van der Waals surface area contributed by atoms with Crippen LogP contribution in [0.2, 0.25) is 0 Å². The number of pyridine rings is 1. The van der Waals surface area contributed by atoms with E-state index >= 15 is 0 Å². The maximum atomic E-state index is 6.30. The monoisotopic (exact) mass is 894 g/mol. The molecule has 9 aromatic rings. The third-order valence-corrected chi connectivity index (χ3v) is 10.2. The molecule has 0 fully saturated rings. The molecule has 5 heteroatoms. The van der Waals surface area contributed by atoms with E-state index in [1.54, 1.807) is 0 Å². The summed E-state index contributed by atoms with van der Waals surface area (Å²) in [4.78, 5) is 9.60. The molecule has 0 aliphatic rings. The standard InChI is InChI=1S/C25H25N2.C25H18NO.Ir/c1-17(2)20-13-10-14-21(18(3)4)24(20)27-23-16-9-8-15-22(23)26-25(27)19-11-6-5-7-12-19;1-16-13-23(26-15-17(16)2)22-10-6-9-21-20-12-11-19(14-24(20)27-25(21)22)18-7-4-3-5-8-18;/h5-11,13-18H,1-4H3;3-9,11-15H,1-2H3;/q2*-1;. The molecular weight excluding hydrogens is 851 g/mol. The molecule has 9 rings (SSSR count). The van der Waals surface area contributed by atoms with Crippen molar-refractivity contribution in [2.45, 2.75) is 53.4 Å². The summed E-state index contributed by atoms with van der Waals surface area (Å²) >= 11 is 0. The fourth-order valence-electron chi connectivity index (χ4n) is 7.24. The van der Waals surface area contributed by atoms with Crippen LogP contribution in [-0.4, -0.2) is 14.5 Å². The van der Waals surface area contributed by atoms with Crippen molar-refractivity contribution in [3.63, 3.8) is 0 Å². The van der Waals surface area contributed by atoms with E-state index in [9.17, 15) is 0 Å². The third-order valence-electron chi connectivity index (χ3n) is 10.2. The second-order valence-corrected chi connectivity index (χ2v) is 14.6. The van der Waals surface area contributed by atoms with E-state index in [1.807, 2.05) is 36.5 Å².